The van der Waals surface area contributed by atoms with Crippen LogP contribution in [0.15, 0.2) is 18.2 Å². The minimum Gasteiger partial charge on any atom is -0.506 e. The number of carbonyl (C=O) groups excluding carboxylic acids is 4. The van der Waals surface area contributed by atoms with Crippen LogP contribution in [0.2, 0.25) is 0 Å². The minimum absolute atomic E-state index is 0.0101. The summed E-state index contributed by atoms with van der Waals surface area (Å²) in [5.41, 5.74) is 0.110. The molecule has 0 aliphatic heterocycles. The van der Waals surface area contributed by atoms with E-state index in [2.05, 4.69) is 16.0 Å². The van der Waals surface area contributed by atoms with E-state index in [4.69, 9.17) is 14.6 Å². The molecule has 0 aliphatic carbocycles. The number of esters is 1. The molecule has 1 rings (SSSR count). The summed E-state index contributed by atoms with van der Waals surface area (Å²) in [5.74, 6) is -0.0948. The molecule has 39 heavy (non-hydrogen) atoms. The maximum atomic E-state index is 12.4. The molecule has 0 aromatic heterocycles. The van der Waals surface area contributed by atoms with Gasteiger partial charge in [0.15, 0.2) is 0 Å². The van der Waals surface area contributed by atoms with E-state index in [0.29, 0.717) is 5.56 Å². The van der Waals surface area contributed by atoms with Gasteiger partial charge in [-0.15, -0.1) is 0 Å². The topological polar surface area (TPSA) is 180 Å². The van der Waals surface area contributed by atoms with Crippen molar-refractivity contribution in [3.05, 3.63) is 23.8 Å². The number of rotatable bonds is 12. The lowest BCUT2D eigenvalue weighted by atomic mass is 9.96. The van der Waals surface area contributed by atoms with Crippen molar-refractivity contribution in [2.75, 3.05) is 18.5 Å². The summed E-state index contributed by atoms with van der Waals surface area (Å²) in [4.78, 5) is 58.7. The Morgan fingerprint density at radius 1 is 1.10 bits per heavy atom. The lowest BCUT2D eigenvalue weighted by Crippen LogP contribution is -2.41. The number of nitrogens with one attached hydrogen (secondary N) is 3. The first-order chi connectivity index (χ1) is 18.2. The van der Waals surface area contributed by atoms with Gasteiger partial charge in [-0.05, 0) is 64.7 Å². The van der Waals surface area contributed by atoms with Crippen LogP contribution in [0.5, 0.6) is 5.75 Å². The Balaban J connectivity index is 2.85. The number of hydrogen-bond acceptors (Lipinski definition) is 8. The largest absolute Gasteiger partial charge is 0.506 e. The molecule has 0 heterocycles. The Labute approximate surface area is 227 Å². The van der Waals surface area contributed by atoms with Crippen molar-refractivity contribution in [1.82, 2.24) is 10.6 Å². The van der Waals surface area contributed by atoms with Gasteiger partial charge in [0.25, 0.3) is 5.91 Å². The number of hydrogen-bond donors (Lipinski definition) is 5. The fourth-order valence-electron chi connectivity index (χ4n) is 3.39. The second-order valence-electron chi connectivity index (χ2n) is 9.75. The highest BCUT2D eigenvalue weighted by molar-refractivity contribution is 6.00. The van der Waals surface area contributed by atoms with Gasteiger partial charge >= 0.3 is 18.0 Å². The second-order valence-corrected chi connectivity index (χ2v) is 9.75. The lowest BCUT2D eigenvalue weighted by Gasteiger charge is -2.25. The summed E-state index contributed by atoms with van der Waals surface area (Å²) >= 11 is 0. The molecule has 1 unspecified atom stereocenters. The van der Waals surface area contributed by atoms with Crippen LogP contribution in [0.4, 0.5) is 10.5 Å². The van der Waals surface area contributed by atoms with E-state index >= 15 is 0 Å². The van der Waals surface area contributed by atoms with Crippen LogP contribution in [0.3, 0.4) is 0 Å². The van der Waals surface area contributed by atoms with Crippen LogP contribution in [-0.2, 0) is 35.1 Å². The predicted molar refractivity (Wildman–Crippen MR) is 142 cm³/mol. The highest BCUT2D eigenvalue weighted by Crippen LogP contribution is 2.26. The molecular weight excluding hydrogens is 510 g/mol. The van der Waals surface area contributed by atoms with Crippen LogP contribution < -0.4 is 16.0 Å². The highest BCUT2D eigenvalue weighted by Gasteiger charge is 2.25. The number of alkyl carbamates (subject to hydrolysis) is 1. The molecule has 3 amide bonds. The Hall–Kier alpha value is -4.27. The molecule has 0 saturated carbocycles. The molecule has 0 bridgehead atoms. The summed E-state index contributed by atoms with van der Waals surface area (Å²) in [6.45, 7) is 8.95. The third kappa shape index (κ3) is 14.3. The average Bonchev–Trinajstić information content (AvgIpc) is 2.81. The van der Waals surface area contributed by atoms with Gasteiger partial charge in [0.1, 0.15) is 11.4 Å². The van der Waals surface area contributed by atoms with Crippen molar-refractivity contribution in [2.24, 2.45) is 5.92 Å². The average molecular weight is 548 g/mol. The molecule has 2 atom stereocenters. The molecule has 12 nitrogen and oxygen atoms in total. The van der Waals surface area contributed by atoms with Crippen LogP contribution in [0.25, 0.3) is 0 Å². The first kappa shape index (κ1) is 32.8. The number of phenols is 1. The summed E-state index contributed by atoms with van der Waals surface area (Å²) in [6.07, 6.45) is 0.159. The van der Waals surface area contributed by atoms with E-state index < -0.39 is 47.4 Å². The van der Waals surface area contributed by atoms with Gasteiger partial charge < -0.3 is 35.6 Å². The Bertz CT molecular complexity index is 1100. The summed E-state index contributed by atoms with van der Waals surface area (Å²) in [6, 6.07) is 4.10. The number of carboxylic acids is 1. The second kappa shape index (κ2) is 15.9. The van der Waals surface area contributed by atoms with Crippen LogP contribution in [0.1, 0.15) is 59.4 Å². The van der Waals surface area contributed by atoms with Crippen LogP contribution >= 0.6 is 0 Å². The van der Waals surface area contributed by atoms with Crippen LogP contribution in [0, 0.1) is 17.8 Å². The number of aliphatic carboxylic acids is 1. The zero-order valence-electron chi connectivity index (χ0n) is 22.9. The van der Waals surface area contributed by atoms with Crippen molar-refractivity contribution < 1.29 is 43.7 Å². The van der Waals surface area contributed by atoms with E-state index in [-0.39, 0.29) is 50.3 Å². The predicted octanol–water partition coefficient (Wildman–Crippen LogP) is 2.34. The standard InChI is InChI=1S/C27H37N3O9/c1-6-38-25(36)17(2)14-19(29-26(37)39-27(3,4)5)15-18-9-10-21(31)20(16-18)30-23(33)8-7-13-28-22(32)11-12-24(34)35/h9-10,16-17,19,31H,6-8,13-15H2,1-5H3,(H,28,32)(H,29,37)(H,30,33)(H,34,35)/t17?,19-/m1/s1. The molecule has 1 aromatic carbocycles. The Morgan fingerprint density at radius 2 is 1.79 bits per heavy atom. The number of ether oxygens (including phenoxy) is 2. The Kier molecular flexibility index (Phi) is 13.3. The molecule has 5 N–H and O–H groups in total. The number of anilines is 1. The summed E-state index contributed by atoms with van der Waals surface area (Å²) < 4.78 is 10.4. The van der Waals surface area contributed by atoms with Gasteiger partial charge in [-0.2, -0.15) is 0 Å². The lowest BCUT2D eigenvalue weighted by molar-refractivity contribution is -0.147. The van der Waals surface area contributed by atoms with Crippen molar-refractivity contribution in [2.45, 2.75) is 71.9 Å². The Morgan fingerprint density at radius 3 is 2.41 bits per heavy atom. The molecule has 214 valence electrons. The third-order valence-corrected chi connectivity index (χ3v) is 5.01. The molecular formula is C27H37N3O9. The van der Waals surface area contributed by atoms with Gasteiger partial charge in [-0.3, -0.25) is 14.4 Å². The minimum atomic E-state index is -1.42. The SMILES string of the molecule is CCOC(=O)C(C)C[C@H](Cc1ccc(O)c(NC(=O)CCCNC(=O)C#CC(=O)O)c1)NC(=O)OC(C)(C)C. The first-order valence-corrected chi connectivity index (χ1v) is 12.5. The number of phenolic OH excluding ortho intramolecular Hbond substituents is 1. The van der Waals surface area contributed by atoms with Gasteiger partial charge in [-0.1, -0.05) is 13.0 Å². The summed E-state index contributed by atoms with van der Waals surface area (Å²) in [7, 11) is 0. The molecule has 0 spiro atoms. The number of carboxylic acid groups (broad SMARTS) is 1. The van der Waals surface area contributed by atoms with Crippen molar-refractivity contribution >= 4 is 35.5 Å². The van der Waals surface area contributed by atoms with Crippen molar-refractivity contribution in [3.8, 4) is 17.6 Å². The number of amides is 3. The van der Waals surface area contributed by atoms with Gasteiger partial charge in [0.05, 0.1) is 18.2 Å². The zero-order valence-corrected chi connectivity index (χ0v) is 22.9. The molecule has 0 radical (unpaired) electrons. The van der Waals surface area contributed by atoms with Crippen molar-refractivity contribution in [3.63, 3.8) is 0 Å². The smallest absolute Gasteiger partial charge is 0.407 e. The van der Waals surface area contributed by atoms with Crippen molar-refractivity contribution in [1.29, 1.82) is 0 Å². The summed E-state index contributed by atoms with van der Waals surface area (Å²) in [5, 5.41) is 26.4. The van der Waals surface area contributed by atoms with Crippen LogP contribution in [-0.4, -0.2) is 64.9 Å². The molecule has 0 aliphatic rings. The van der Waals surface area contributed by atoms with E-state index in [1.54, 1.807) is 52.7 Å². The molecule has 1 aromatic rings. The van der Waals surface area contributed by atoms with Gasteiger partial charge in [0.2, 0.25) is 5.91 Å². The zero-order chi connectivity index (χ0) is 29.6. The molecule has 0 saturated heterocycles. The van der Waals surface area contributed by atoms with E-state index in [0.717, 1.165) is 0 Å². The maximum Gasteiger partial charge on any atom is 0.407 e. The molecule has 0 fully saturated rings. The highest BCUT2D eigenvalue weighted by atomic mass is 16.6. The fraction of sp³-hybridized carbons (Fsp3) is 0.519. The van der Waals surface area contributed by atoms with E-state index in [1.165, 1.54) is 6.07 Å². The normalized spacial score (nSPS) is 12.1. The number of carbonyl (C=O) groups is 5. The third-order valence-electron chi connectivity index (χ3n) is 5.01. The quantitative estimate of drug-likeness (QED) is 0.114. The fourth-order valence-corrected chi connectivity index (χ4v) is 3.39. The number of benzene rings is 1. The van der Waals surface area contributed by atoms with E-state index in [1.807, 2.05) is 5.92 Å². The first-order valence-electron chi connectivity index (χ1n) is 12.5. The van der Waals surface area contributed by atoms with E-state index in [9.17, 15) is 29.1 Å². The van der Waals surface area contributed by atoms with Gasteiger partial charge in [-0.25, -0.2) is 9.59 Å². The molecule has 12 heteroatoms. The number of aromatic hydroxyl groups is 1. The maximum absolute atomic E-state index is 12.4. The van der Waals surface area contributed by atoms with Gasteiger partial charge in [0, 0.05) is 30.8 Å². The monoisotopic (exact) mass is 547 g/mol.